The number of hydrogen-bond donors (Lipinski definition) is 2. The van der Waals surface area contributed by atoms with Crippen LogP contribution in [0.2, 0.25) is 0 Å². The average molecular weight is 130 g/mol. The van der Waals surface area contributed by atoms with Gasteiger partial charge in [0.25, 0.3) is 0 Å². The van der Waals surface area contributed by atoms with Crippen LogP contribution in [-0.2, 0) is 4.74 Å². The fourth-order valence-corrected chi connectivity index (χ4v) is 0.850. The van der Waals surface area contributed by atoms with E-state index in [9.17, 15) is 4.79 Å². The second kappa shape index (κ2) is 2.68. The van der Waals surface area contributed by atoms with Crippen molar-refractivity contribution in [3.63, 3.8) is 0 Å². The molecule has 0 aromatic heterocycles. The van der Waals surface area contributed by atoms with Gasteiger partial charge in [0.15, 0.2) is 0 Å². The Bertz CT molecular complexity index is 110. The van der Waals surface area contributed by atoms with Crippen LogP contribution in [0.3, 0.4) is 0 Å². The first-order chi connectivity index (χ1) is 4.29. The lowest BCUT2D eigenvalue weighted by molar-refractivity contribution is 0.189. The molecule has 1 atom stereocenters. The summed E-state index contributed by atoms with van der Waals surface area (Å²) in [4.78, 5) is 10.2. The lowest BCUT2D eigenvalue weighted by Gasteiger charge is -2.05. The van der Waals surface area contributed by atoms with Gasteiger partial charge < -0.3 is 15.8 Å². The number of nitrogens with two attached hydrogens (primary N) is 1. The van der Waals surface area contributed by atoms with Gasteiger partial charge in [-0.25, -0.2) is 4.79 Å². The molecular weight excluding hydrogens is 120 g/mol. The van der Waals surface area contributed by atoms with Gasteiger partial charge in [0, 0.05) is 6.61 Å². The lowest BCUT2D eigenvalue weighted by atomic mass is 10.3. The Morgan fingerprint density at radius 2 is 2.56 bits per heavy atom. The number of hydrogen-bond acceptors (Lipinski definition) is 2. The van der Waals surface area contributed by atoms with Crippen LogP contribution < -0.4 is 11.1 Å². The Balaban J connectivity index is 2.19. The number of rotatable bonds is 1. The molecule has 0 aromatic rings. The molecule has 1 aliphatic heterocycles. The summed E-state index contributed by atoms with van der Waals surface area (Å²) in [6, 6.07) is -0.326. The van der Waals surface area contributed by atoms with Crippen molar-refractivity contribution in [2.45, 2.75) is 12.5 Å². The van der Waals surface area contributed by atoms with Crippen molar-refractivity contribution < 1.29 is 9.53 Å². The van der Waals surface area contributed by atoms with Crippen LogP contribution in [-0.4, -0.2) is 25.3 Å². The fourth-order valence-electron chi connectivity index (χ4n) is 0.850. The summed E-state index contributed by atoms with van der Waals surface area (Å²) in [5.74, 6) is 0. The van der Waals surface area contributed by atoms with Crippen molar-refractivity contribution in [1.29, 1.82) is 0 Å². The molecule has 0 aliphatic carbocycles. The SMILES string of the molecule is NC(=O)N[C@H]1CCOC1. The summed E-state index contributed by atoms with van der Waals surface area (Å²) in [6.07, 6.45) is 0.878. The second-order valence-corrected chi connectivity index (χ2v) is 2.07. The molecule has 1 fully saturated rings. The fraction of sp³-hybridized carbons (Fsp3) is 0.800. The standard InChI is InChI=1S/C5H10N2O2/c6-5(8)7-4-1-2-9-3-4/h4H,1-3H2,(H3,6,7,8)/t4-/m0/s1. The minimum atomic E-state index is -0.467. The van der Waals surface area contributed by atoms with Crippen LogP contribution in [0.25, 0.3) is 0 Å². The minimum Gasteiger partial charge on any atom is -0.379 e. The van der Waals surface area contributed by atoms with Gasteiger partial charge >= 0.3 is 6.03 Å². The summed E-state index contributed by atoms with van der Waals surface area (Å²) in [6.45, 7) is 1.33. The second-order valence-electron chi connectivity index (χ2n) is 2.07. The number of carbonyl (C=O) groups is 1. The molecule has 0 bridgehead atoms. The van der Waals surface area contributed by atoms with E-state index in [1.165, 1.54) is 0 Å². The number of carbonyl (C=O) groups excluding carboxylic acids is 1. The molecule has 4 nitrogen and oxygen atoms in total. The number of primary amides is 1. The van der Waals surface area contributed by atoms with Crippen molar-refractivity contribution in [3.8, 4) is 0 Å². The van der Waals surface area contributed by atoms with E-state index in [0.717, 1.165) is 13.0 Å². The molecule has 4 heteroatoms. The quantitative estimate of drug-likeness (QED) is 0.500. The van der Waals surface area contributed by atoms with E-state index >= 15 is 0 Å². The van der Waals surface area contributed by atoms with Crippen LogP contribution in [0.1, 0.15) is 6.42 Å². The molecule has 52 valence electrons. The Labute approximate surface area is 53.4 Å². The van der Waals surface area contributed by atoms with E-state index in [1.54, 1.807) is 0 Å². The van der Waals surface area contributed by atoms with Crippen LogP contribution >= 0.6 is 0 Å². The van der Waals surface area contributed by atoms with Gasteiger partial charge in [-0.1, -0.05) is 0 Å². The van der Waals surface area contributed by atoms with E-state index in [0.29, 0.717) is 6.61 Å². The summed E-state index contributed by atoms with van der Waals surface area (Å²) in [7, 11) is 0. The molecule has 3 N–H and O–H groups in total. The molecule has 0 aromatic carbocycles. The summed E-state index contributed by atoms with van der Waals surface area (Å²) in [5, 5.41) is 2.56. The minimum absolute atomic E-state index is 0.141. The lowest BCUT2D eigenvalue weighted by Crippen LogP contribution is -2.38. The van der Waals surface area contributed by atoms with E-state index in [-0.39, 0.29) is 6.04 Å². The molecule has 9 heavy (non-hydrogen) atoms. The predicted octanol–water partition coefficient (Wildman–Crippen LogP) is -0.556. The molecule has 0 spiro atoms. The van der Waals surface area contributed by atoms with Gasteiger partial charge in [-0.3, -0.25) is 0 Å². The first-order valence-corrected chi connectivity index (χ1v) is 2.93. The van der Waals surface area contributed by atoms with Crippen LogP contribution in [0.15, 0.2) is 0 Å². The summed E-state index contributed by atoms with van der Waals surface area (Å²) < 4.78 is 4.99. The van der Waals surface area contributed by atoms with E-state index in [1.807, 2.05) is 0 Å². The molecule has 1 rings (SSSR count). The van der Waals surface area contributed by atoms with Crippen molar-refractivity contribution >= 4 is 6.03 Å². The number of amides is 2. The van der Waals surface area contributed by atoms with Gasteiger partial charge in [0.05, 0.1) is 12.6 Å². The van der Waals surface area contributed by atoms with Crippen LogP contribution in [0, 0.1) is 0 Å². The van der Waals surface area contributed by atoms with Crippen molar-refractivity contribution in [1.82, 2.24) is 5.32 Å². The topological polar surface area (TPSA) is 64.4 Å². The maximum atomic E-state index is 10.2. The smallest absolute Gasteiger partial charge is 0.312 e. The molecule has 0 unspecified atom stereocenters. The zero-order valence-corrected chi connectivity index (χ0v) is 5.09. The van der Waals surface area contributed by atoms with Gasteiger partial charge in [-0.2, -0.15) is 0 Å². The first kappa shape index (κ1) is 6.35. The highest BCUT2D eigenvalue weighted by atomic mass is 16.5. The monoisotopic (exact) mass is 130 g/mol. The molecule has 1 heterocycles. The van der Waals surface area contributed by atoms with Gasteiger partial charge in [-0.15, -0.1) is 0 Å². The normalized spacial score (nSPS) is 26.0. The largest absolute Gasteiger partial charge is 0.379 e. The van der Waals surface area contributed by atoms with Crippen molar-refractivity contribution in [2.75, 3.05) is 13.2 Å². The number of nitrogens with one attached hydrogen (secondary N) is 1. The Kier molecular flexibility index (Phi) is 1.89. The third-order valence-corrected chi connectivity index (χ3v) is 1.28. The van der Waals surface area contributed by atoms with E-state index < -0.39 is 6.03 Å². The van der Waals surface area contributed by atoms with Crippen molar-refractivity contribution in [2.24, 2.45) is 5.73 Å². The van der Waals surface area contributed by atoms with Gasteiger partial charge in [0.2, 0.25) is 0 Å². The van der Waals surface area contributed by atoms with Gasteiger partial charge in [-0.05, 0) is 6.42 Å². The third kappa shape index (κ3) is 1.89. The Hall–Kier alpha value is -0.770. The van der Waals surface area contributed by atoms with Crippen LogP contribution in [0.4, 0.5) is 4.79 Å². The predicted molar refractivity (Wildman–Crippen MR) is 31.9 cm³/mol. The molecule has 1 saturated heterocycles. The maximum absolute atomic E-state index is 10.2. The maximum Gasteiger partial charge on any atom is 0.312 e. The number of urea groups is 1. The van der Waals surface area contributed by atoms with Crippen LogP contribution in [0.5, 0.6) is 0 Å². The Morgan fingerprint density at radius 1 is 1.78 bits per heavy atom. The highest BCUT2D eigenvalue weighted by Gasteiger charge is 2.15. The number of ether oxygens (including phenoxy) is 1. The zero-order valence-electron chi connectivity index (χ0n) is 5.09. The molecule has 0 saturated carbocycles. The van der Waals surface area contributed by atoms with Gasteiger partial charge in [0.1, 0.15) is 0 Å². The molecule has 0 radical (unpaired) electrons. The molecular formula is C5H10N2O2. The van der Waals surface area contributed by atoms with Crippen molar-refractivity contribution in [3.05, 3.63) is 0 Å². The third-order valence-electron chi connectivity index (χ3n) is 1.28. The Morgan fingerprint density at radius 3 is 3.00 bits per heavy atom. The molecule has 1 aliphatic rings. The first-order valence-electron chi connectivity index (χ1n) is 2.93. The highest BCUT2D eigenvalue weighted by molar-refractivity contribution is 5.71. The summed E-state index contributed by atoms with van der Waals surface area (Å²) >= 11 is 0. The summed E-state index contributed by atoms with van der Waals surface area (Å²) in [5.41, 5.74) is 4.87. The molecule has 2 amide bonds. The zero-order chi connectivity index (χ0) is 6.69. The van der Waals surface area contributed by atoms with E-state index in [2.05, 4.69) is 5.32 Å². The highest BCUT2D eigenvalue weighted by Crippen LogP contribution is 2.01. The average Bonchev–Trinajstić information content (AvgIpc) is 2.15. The van der Waals surface area contributed by atoms with E-state index in [4.69, 9.17) is 10.5 Å².